The van der Waals surface area contributed by atoms with Crippen molar-refractivity contribution in [2.24, 2.45) is 0 Å². The number of ether oxygens (including phenoxy) is 2. The number of thiophene rings is 1. The third-order valence-corrected chi connectivity index (χ3v) is 10.3. The summed E-state index contributed by atoms with van der Waals surface area (Å²) in [4.78, 5) is 1.17. The zero-order valence-electron chi connectivity index (χ0n) is 24.1. The molecule has 10 rings (SSSR count). The van der Waals surface area contributed by atoms with E-state index in [2.05, 4.69) is 140 Å². The molecule has 210 valence electrons. The van der Waals surface area contributed by atoms with E-state index >= 15 is 0 Å². The number of rotatable bonds is 3. The minimum Gasteiger partial charge on any atom is -0.456 e. The maximum absolute atomic E-state index is 6.69. The van der Waals surface area contributed by atoms with Crippen LogP contribution in [0, 0.1) is 0 Å². The van der Waals surface area contributed by atoms with Crippen LogP contribution in [-0.2, 0) is 0 Å². The van der Waals surface area contributed by atoms with E-state index in [0.29, 0.717) is 0 Å². The number of hydrogen-bond acceptors (Lipinski definition) is 3. The fourth-order valence-corrected chi connectivity index (χ4v) is 8.10. The molecule has 0 radical (unpaired) electrons. The number of benzene rings is 7. The second-order valence-corrected chi connectivity index (χ2v) is 12.7. The summed E-state index contributed by atoms with van der Waals surface area (Å²) in [5.74, 6) is 3.58. The molecule has 2 aliphatic rings. The van der Waals surface area contributed by atoms with Gasteiger partial charge in [-0.3, -0.25) is 0 Å². The van der Waals surface area contributed by atoms with Gasteiger partial charge in [0.05, 0.1) is 4.88 Å². The van der Waals surface area contributed by atoms with E-state index in [0.717, 1.165) is 50.3 Å². The Bertz CT molecular complexity index is 2460. The zero-order chi connectivity index (χ0) is 29.5. The van der Waals surface area contributed by atoms with Gasteiger partial charge in [-0.15, -0.1) is 11.3 Å². The van der Waals surface area contributed by atoms with E-state index in [4.69, 9.17) is 9.47 Å². The minimum absolute atomic E-state index is 0.870. The van der Waals surface area contributed by atoms with Crippen LogP contribution in [0.25, 0.3) is 75.8 Å². The smallest absolute Gasteiger partial charge is 0.153 e. The van der Waals surface area contributed by atoms with Crippen molar-refractivity contribution in [2.75, 3.05) is 0 Å². The molecular formula is C42H24O2S. The van der Waals surface area contributed by atoms with Gasteiger partial charge in [0, 0.05) is 32.0 Å². The summed E-state index contributed by atoms with van der Waals surface area (Å²) in [6, 6.07) is 51.7. The van der Waals surface area contributed by atoms with E-state index in [9.17, 15) is 0 Å². The van der Waals surface area contributed by atoms with Gasteiger partial charge in [-0.2, -0.15) is 0 Å². The molecule has 0 atom stereocenters. The molecule has 1 aromatic heterocycles. The molecule has 8 aromatic rings. The Kier molecular flexibility index (Phi) is 5.19. The number of fused-ring (bicyclic) bond motifs is 6. The van der Waals surface area contributed by atoms with Crippen LogP contribution in [0.3, 0.4) is 0 Å². The maximum Gasteiger partial charge on any atom is 0.153 e. The summed E-state index contributed by atoms with van der Waals surface area (Å²) in [5, 5.41) is 3.39. The van der Waals surface area contributed by atoms with Crippen LogP contribution in [0.15, 0.2) is 146 Å². The highest BCUT2D eigenvalue weighted by atomic mass is 32.1. The first-order chi connectivity index (χ1) is 22.3. The molecule has 7 aromatic carbocycles. The van der Waals surface area contributed by atoms with Crippen molar-refractivity contribution in [3.05, 3.63) is 146 Å². The third kappa shape index (κ3) is 3.75. The average Bonchev–Trinajstić information content (AvgIpc) is 3.48. The maximum atomic E-state index is 6.69. The first-order valence-corrected chi connectivity index (χ1v) is 16.0. The molecule has 3 heteroatoms. The Morgan fingerprint density at radius 3 is 1.67 bits per heavy atom. The highest BCUT2D eigenvalue weighted by molar-refractivity contribution is 7.23. The zero-order valence-corrected chi connectivity index (χ0v) is 24.9. The van der Waals surface area contributed by atoms with Gasteiger partial charge in [0.15, 0.2) is 5.75 Å². The molecular weight excluding hydrogens is 569 g/mol. The van der Waals surface area contributed by atoms with Gasteiger partial charge in [-0.25, -0.2) is 0 Å². The lowest BCUT2D eigenvalue weighted by molar-refractivity contribution is 0.483. The molecule has 3 heterocycles. The molecule has 0 saturated carbocycles. The van der Waals surface area contributed by atoms with Crippen molar-refractivity contribution in [1.29, 1.82) is 0 Å². The lowest BCUT2D eigenvalue weighted by Crippen LogP contribution is -2.01. The molecule has 0 amide bonds. The summed E-state index contributed by atoms with van der Waals surface area (Å²) < 4.78 is 14.6. The van der Waals surface area contributed by atoms with Gasteiger partial charge < -0.3 is 9.47 Å². The van der Waals surface area contributed by atoms with E-state index in [1.807, 2.05) is 6.07 Å². The normalized spacial score (nSPS) is 12.4. The quantitative estimate of drug-likeness (QED) is 0.203. The van der Waals surface area contributed by atoms with E-state index in [1.54, 1.807) is 11.3 Å². The van der Waals surface area contributed by atoms with Crippen LogP contribution in [0.4, 0.5) is 0 Å². The van der Waals surface area contributed by atoms with Gasteiger partial charge in [-0.05, 0) is 87.5 Å². The Hall–Kier alpha value is -5.64. The van der Waals surface area contributed by atoms with Gasteiger partial charge in [0.2, 0.25) is 0 Å². The van der Waals surface area contributed by atoms with Gasteiger partial charge in [0.25, 0.3) is 0 Å². The molecule has 2 nitrogen and oxygen atoms in total. The van der Waals surface area contributed by atoms with Crippen molar-refractivity contribution in [3.63, 3.8) is 0 Å². The lowest BCUT2D eigenvalue weighted by atomic mass is 9.89. The largest absolute Gasteiger partial charge is 0.456 e. The van der Waals surface area contributed by atoms with Crippen LogP contribution >= 0.6 is 11.3 Å². The summed E-state index contributed by atoms with van der Waals surface area (Å²) in [7, 11) is 0. The minimum atomic E-state index is 0.870. The lowest BCUT2D eigenvalue weighted by Gasteiger charge is -2.26. The Morgan fingerprint density at radius 2 is 0.911 bits per heavy atom. The fraction of sp³-hybridized carbons (Fsp3) is 0. The van der Waals surface area contributed by atoms with E-state index in [-0.39, 0.29) is 0 Å². The summed E-state index contributed by atoms with van der Waals surface area (Å²) >= 11 is 1.80. The SMILES string of the molecule is c1ccc(-c2ccc(-c3ccc4c(c3)Oc3ccc5c6c(ccc-4c36)Oc3c-5sc4cc(-c5ccccc5)ccc34)cc2)cc1. The predicted octanol–water partition coefficient (Wildman–Crippen LogP) is 12.6. The van der Waals surface area contributed by atoms with Crippen LogP contribution < -0.4 is 9.47 Å². The van der Waals surface area contributed by atoms with Crippen molar-refractivity contribution >= 4 is 32.2 Å². The summed E-state index contributed by atoms with van der Waals surface area (Å²) in [5.41, 5.74) is 10.7. The van der Waals surface area contributed by atoms with Crippen LogP contribution in [0.5, 0.6) is 23.0 Å². The first-order valence-electron chi connectivity index (χ1n) is 15.2. The molecule has 0 N–H and O–H groups in total. The Labute approximate surface area is 264 Å². The predicted molar refractivity (Wildman–Crippen MR) is 187 cm³/mol. The van der Waals surface area contributed by atoms with Crippen molar-refractivity contribution in [1.82, 2.24) is 0 Å². The molecule has 0 spiro atoms. The summed E-state index contributed by atoms with van der Waals surface area (Å²) in [6.45, 7) is 0. The van der Waals surface area contributed by atoms with Gasteiger partial charge in [0.1, 0.15) is 17.2 Å². The molecule has 2 aliphatic heterocycles. The molecule has 45 heavy (non-hydrogen) atoms. The van der Waals surface area contributed by atoms with Crippen molar-refractivity contribution < 1.29 is 9.47 Å². The van der Waals surface area contributed by atoms with Crippen molar-refractivity contribution in [3.8, 4) is 77.9 Å². The number of hydrogen-bond donors (Lipinski definition) is 0. The molecule has 0 fully saturated rings. The third-order valence-electron chi connectivity index (χ3n) is 9.11. The average molecular weight is 593 g/mol. The fourth-order valence-electron chi connectivity index (χ4n) is 6.90. The molecule has 0 unspecified atom stereocenters. The van der Waals surface area contributed by atoms with Crippen molar-refractivity contribution in [2.45, 2.75) is 0 Å². The monoisotopic (exact) mass is 592 g/mol. The topological polar surface area (TPSA) is 18.5 Å². The molecule has 0 bridgehead atoms. The van der Waals surface area contributed by atoms with E-state index in [1.165, 1.54) is 48.5 Å². The van der Waals surface area contributed by atoms with Gasteiger partial charge >= 0.3 is 0 Å². The van der Waals surface area contributed by atoms with Crippen LogP contribution in [0.1, 0.15) is 0 Å². The Balaban J connectivity index is 1.06. The second-order valence-electron chi connectivity index (χ2n) is 11.7. The second kappa shape index (κ2) is 9.43. The summed E-state index contributed by atoms with van der Waals surface area (Å²) in [6.07, 6.45) is 0. The highest BCUT2D eigenvalue weighted by Gasteiger charge is 2.30. The molecule has 0 aliphatic carbocycles. The first kappa shape index (κ1) is 24.8. The Morgan fingerprint density at radius 1 is 0.378 bits per heavy atom. The van der Waals surface area contributed by atoms with E-state index < -0.39 is 0 Å². The van der Waals surface area contributed by atoms with Crippen LogP contribution in [0.2, 0.25) is 0 Å². The van der Waals surface area contributed by atoms with Gasteiger partial charge in [-0.1, -0.05) is 97.1 Å². The highest BCUT2D eigenvalue weighted by Crippen LogP contribution is 2.58. The van der Waals surface area contributed by atoms with Crippen LogP contribution in [-0.4, -0.2) is 0 Å². The molecule has 0 saturated heterocycles. The standard InChI is InChI=1S/C42H24O2S/c1-3-7-25(8-4-1)27-11-13-28(14-12-27)29-15-17-31-32-19-21-36-40-34(20-22-35(39(32)40)43-37(31)23-29)42-41(44-36)33-18-16-30(24-38(33)45-42)26-9-5-2-6-10-26/h1-24H.